The lowest BCUT2D eigenvalue weighted by Gasteiger charge is -2.23. The predicted octanol–water partition coefficient (Wildman–Crippen LogP) is 4.30. The SMILES string of the molecule is NCc1ccc(NC(=O)c2cc3c(cc2-c2ccc(C(=O)N[C@H]4CCCNC4)nc2C(=O)O)OCCc2ccsc2-3)cc1. The molecule has 43 heavy (non-hydrogen) atoms. The van der Waals surface area contributed by atoms with Crippen molar-refractivity contribution in [3.8, 4) is 27.3 Å². The quantitative estimate of drug-likeness (QED) is 0.211. The summed E-state index contributed by atoms with van der Waals surface area (Å²) >= 11 is 1.56. The van der Waals surface area contributed by atoms with Gasteiger partial charge in [0.2, 0.25) is 0 Å². The Bertz CT molecular complexity index is 1690. The second kappa shape index (κ2) is 12.3. The van der Waals surface area contributed by atoms with Gasteiger partial charge in [-0.25, -0.2) is 9.78 Å². The molecule has 0 radical (unpaired) electrons. The number of aromatic nitrogens is 1. The zero-order chi connectivity index (χ0) is 29.9. The molecule has 2 aliphatic rings. The van der Waals surface area contributed by atoms with Gasteiger partial charge in [0.1, 0.15) is 11.4 Å². The van der Waals surface area contributed by atoms with Gasteiger partial charge in [-0.3, -0.25) is 9.59 Å². The number of carboxylic acids is 1. The van der Waals surface area contributed by atoms with E-state index in [0.717, 1.165) is 41.0 Å². The molecule has 220 valence electrons. The van der Waals surface area contributed by atoms with Gasteiger partial charge in [0.05, 0.1) is 6.61 Å². The number of aromatic carboxylic acids is 1. The Hall–Kier alpha value is -4.58. The largest absolute Gasteiger partial charge is 0.493 e. The maximum atomic E-state index is 13.9. The summed E-state index contributed by atoms with van der Waals surface area (Å²) in [7, 11) is 0. The van der Waals surface area contributed by atoms with E-state index in [2.05, 4.69) is 20.9 Å². The predicted molar refractivity (Wildman–Crippen MR) is 165 cm³/mol. The number of nitrogens with zero attached hydrogens (tertiary/aromatic N) is 1. The zero-order valence-corrected chi connectivity index (χ0v) is 24.1. The van der Waals surface area contributed by atoms with Crippen LogP contribution in [0.15, 0.2) is 60.0 Å². The first-order valence-electron chi connectivity index (χ1n) is 14.2. The van der Waals surface area contributed by atoms with E-state index in [-0.39, 0.29) is 28.6 Å². The van der Waals surface area contributed by atoms with Gasteiger partial charge in [-0.15, -0.1) is 11.3 Å². The summed E-state index contributed by atoms with van der Waals surface area (Å²) < 4.78 is 6.10. The van der Waals surface area contributed by atoms with Crippen molar-refractivity contribution in [2.24, 2.45) is 5.73 Å². The second-order valence-electron chi connectivity index (χ2n) is 10.5. The molecule has 1 atom stereocenters. The Balaban J connectivity index is 1.43. The van der Waals surface area contributed by atoms with E-state index in [1.165, 1.54) is 12.1 Å². The number of anilines is 1. The van der Waals surface area contributed by atoms with Crippen molar-refractivity contribution < 1.29 is 24.2 Å². The molecular formula is C32H31N5O5S. The monoisotopic (exact) mass is 597 g/mol. The topological polar surface area (TPSA) is 156 Å². The van der Waals surface area contributed by atoms with Crippen LogP contribution >= 0.6 is 11.3 Å². The highest BCUT2D eigenvalue weighted by atomic mass is 32.1. The van der Waals surface area contributed by atoms with E-state index in [9.17, 15) is 19.5 Å². The Kier molecular flexibility index (Phi) is 8.19. The fourth-order valence-corrected chi connectivity index (χ4v) is 6.43. The molecule has 10 nitrogen and oxygen atoms in total. The number of carbonyl (C=O) groups is 3. The molecule has 6 N–H and O–H groups in total. The number of fused-ring (bicyclic) bond motifs is 3. The van der Waals surface area contributed by atoms with Gasteiger partial charge >= 0.3 is 5.97 Å². The highest BCUT2D eigenvalue weighted by Gasteiger charge is 2.27. The number of carbonyl (C=O) groups excluding carboxylic acids is 2. The van der Waals surface area contributed by atoms with Crippen molar-refractivity contribution in [3.05, 3.63) is 88.1 Å². The smallest absolute Gasteiger partial charge is 0.355 e. The van der Waals surface area contributed by atoms with Gasteiger partial charge in [-0.2, -0.15) is 0 Å². The molecule has 1 saturated heterocycles. The summed E-state index contributed by atoms with van der Waals surface area (Å²) in [4.78, 5) is 44.6. The molecule has 0 aliphatic carbocycles. The molecule has 6 rings (SSSR count). The molecular weight excluding hydrogens is 566 g/mol. The summed E-state index contributed by atoms with van der Waals surface area (Å²) in [5, 5.41) is 21.3. The first-order valence-corrected chi connectivity index (χ1v) is 15.0. The minimum atomic E-state index is -1.32. The number of ether oxygens (including phenoxy) is 1. The van der Waals surface area contributed by atoms with E-state index in [1.807, 2.05) is 23.6 Å². The van der Waals surface area contributed by atoms with Gasteiger partial charge in [0.25, 0.3) is 11.8 Å². The van der Waals surface area contributed by atoms with Gasteiger partial charge in [-0.1, -0.05) is 12.1 Å². The molecule has 1 fully saturated rings. The van der Waals surface area contributed by atoms with Crippen LogP contribution in [-0.2, 0) is 13.0 Å². The van der Waals surface area contributed by atoms with E-state index in [1.54, 1.807) is 35.6 Å². The Morgan fingerprint density at radius 3 is 2.63 bits per heavy atom. The normalized spacial score (nSPS) is 15.8. The fourth-order valence-electron chi connectivity index (χ4n) is 5.45. The van der Waals surface area contributed by atoms with Crippen molar-refractivity contribution in [1.82, 2.24) is 15.6 Å². The number of benzene rings is 2. The van der Waals surface area contributed by atoms with Crippen LogP contribution in [0, 0.1) is 0 Å². The number of amides is 2. The lowest BCUT2D eigenvalue weighted by molar-refractivity contribution is 0.0691. The summed E-state index contributed by atoms with van der Waals surface area (Å²) in [5.74, 6) is -1.65. The molecule has 11 heteroatoms. The number of hydrogen-bond donors (Lipinski definition) is 5. The van der Waals surface area contributed by atoms with Crippen molar-refractivity contribution in [3.63, 3.8) is 0 Å². The summed E-state index contributed by atoms with van der Waals surface area (Å²) in [6.45, 7) is 2.36. The number of thiophene rings is 1. The van der Waals surface area contributed by atoms with Crippen molar-refractivity contribution >= 4 is 34.8 Å². The highest BCUT2D eigenvalue weighted by Crippen LogP contribution is 2.43. The summed E-state index contributed by atoms with van der Waals surface area (Å²) in [6, 6.07) is 15.7. The van der Waals surface area contributed by atoms with E-state index >= 15 is 0 Å². The van der Waals surface area contributed by atoms with Crippen LogP contribution in [0.4, 0.5) is 5.69 Å². The Labute approximate surface area is 252 Å². The maximum Gasteiger partial charge on any atom is 0.355 e. The number of hydrogen-bond acceptors (Lipinski definition) is 8. The highest BCUT2D eigenvalue weighted by molar-refractivity contribution is 7.13. The lowest BCUT2D eigenvalue weighted by atomic mass is 9.93. The number of carboxylic acid groups (broad SMARTS) is 1. The van der Waals surface area contributed by atoms with Gasteiger partial charge in [0, 0.05) is 58.4 Å². The molecule has 2 amide bonds. The van der Waals surface area contributed by atoms with Gasteiger partial charge < -0.3 is 31.5 Å². The van der Waals surface area contributed by atoms with E-state index in [0.29, 0.717) is 43.1 Å². The Morgan fingerprint density at radius 2 is 1.88 bits per heavy atom. The molecule has 2 aromatic carbocycles. The van der Waals surface area contributed by atoms with Crippen molar-refractivity contribution in [2.45, 2.75) is 31.8 Å². The average molecular weight is 598 g/mol. The van der Waals surface area contributed by atoms with Crippen LogP contribution < -0.4 is 26.4 Å². The third-order valence-electron chi connectivity index (χ3n) is 7.68. The molecule has 0 unspecified atom stereocenters. The minimum Gasteiger partial charge on any atom is -0.493 e. The summed E-state index contributed by atoms with van der Waals surface area (Å²) in [5.41, 5.74) is 9.54. The van der Waals surface area contributed by atoms with Crippen LogP contribution in [0.1, 0.15) is 55.3 Å². The first-order chi connectivity index (χ1) is 20.9. The minimum absolute atomic E-state index is 0.00745. The number of nitrogens with one attached hydrogen (secondary N) is 3. The second-order valence-corrected chi connectivity index (χ2v) is 11.5. The fraction of sp³-hybridized carbons (Fsp3) is 0.250. The average Bonchev–Trinajstić information content (AvgIpc) is 3.42. The van der Waals surface area contributed by atoms with Gasteiger partial charge in [-0.05, 0) is 78.4 Å². The molecule has 0 spiro atoms. The van der Waals surface area contributed by atoms with Crippen molar-refractivity contribution in [1.29, 1.82) is 0 Å². The van der Waals surface area contributed by atoms with Crippen LogP contribution in [0.25, 0.3) is 21.6 Å². The van der Waals surface area contributed by atoms with Crippen LogP contribution in [0.2, 0.25) is 0 Å². The van der Waals surface area contributed by atoms with Crippen LogP contribution in [-0.4, -0.2) is 53.6 Å². The number of piperidine rings is 1. The molecule has 4 heterocycles. The molecule has 2 aromatic heterocycles. The van der Waals surface area contributed by atoms with Crippen LogP contribution in [0.5, 0.6) is 5.75 Å². The summed E-state index contributed by atoms with van der Waals surface area (Å²) in [6.07, 6.45) is 2.48. The number of rotatable bonds is 7. The van der Waals surface area contributed by atoms with E-state index in [4.69, 9.17) is 10.5 Å². The molecule has 0 saturated carbocycles. The standard InChI is InChI=1S/C32H31N5O5S/c33-16-18-3-5-20(6-4-18)35-30(38)24-14-25-27(42-12-9-19-10-13-43-29(19)25)15-23(24)22-7-8-26(37-28(22)32(40)41)31(39)36-21-2-1-11-34-17-21/h3-8,10,13-15,21,34H,1-2,9,11-12,16-17,33H2,(H,35,38)(H,36,39)(H,40,41)/t21-/m0/s1. The molecule has 2 aliphatic heterocycles. The van der Waals surface area contributed by atoms with E-state index < -0.39 is 17.8 Å². The maximum absolute atomic E-state index is 13.9. The third kappa shape index (κ3) is 6.00. The molecule has 4 aromatic rings. The van der Waals surface area contributed by atoms with Crippen LogP contribution in [0.3, 0.4) is 0 Å². The Morgan fingerprint density at radius 1 is 1.05 bits per heavy atom. The number of pyridine rings is 1. The van der Waals surface area contributed by atoms with Crippen molar-refractivity contribution in [2.75, 3.05) is 25.0 Å². The third-order valence-corrected chi connectivity index (χ3v) is 8.67. The van der Waals surface area contributed by atoms with Gasteiger partial charge in [0.15, 0.2) is 5.69 Å². The first kappa shape index (κ1) is 28.5. The number of nitrogens with two attached hydrogens (primary N) is 1. The lowest BCUT2D eigenvalue weighted by Crippen LogP contribution is -2.45. The molecule has 0 bridgehead atoms. The zero-order valence-electron chi connectivity index (χ0n) is 23.3.